The minimum atomic E-state index is -0.465. The fraction of sp³-hybridized carbons (Fsp3) is 0.615. The molecule has 1 aromatic heterocycles. The zero-order valence-electron chi connectivity index (χ0n) is 10.8. The molecule has 0 atom stereocenters. The third-order valence-electron chi connectivity index (χ3n) is 3.85. The van der Waals surface area contributed by atoms with Gasteiger partial charge in [-0.15, -0.1) is 0 Å². The van der Waals surface area contributed by atoms with Crippen LogP contribution < -0.4 is 5.32 Å². The van der Waals surface area contributed by atoms with E-state index in [-0.39, 0.29) is 17.7 Å². The van der Waals surface area contributed by atoms with Gasteiger partial charge in [0.1, 0.15) is 12.0 Å². The Labute approximate surface area is 112 Å². The molecule has 0 aliphatic heterocycles. The Morgan fingerprint density at radius 3 is 2.63 bits per heavy atom. The fourth-order valence-corrected chi connectivity index (χ4v) is 2.57. The van der Waals surface area contributed by atoms with Crippen molar-refractivity contribution in [2.24, 2.45) is 5.41 Å². The number of hydrogen-bond donors (Lipinski definition) is 2. The lowest BCUT2D eigenvalue weighted by molar-refractivity contribution is -0.385. The summed E-state index contributed by atoms with van der Waals surface area (Å²) in [5.74, 6) is 0.615. The van der Waals surface area contributed by atoms with Crippen molar-refractivity contribution in [3.8, 4) is 0 Å². The molecule has 1 aromatic rings. The first-order valence-electron chi connectivity index (χ1n) is 6.60. The van der Waals surface area contributed by atoms with E-state index in [9.17, 15) is 15.2 Å². The zero-order valence-corrected chi connectivity index (χ0v) is 10.8. The first kappa shape index (κ1) is 13.7. The number of nitrogens with zero attached hydrogens (tertiary/aromatic N) is 2. The third kappa shape index (κ3) is 3.41. The van der Waals surface area contributed by atoms with Crippen LogP contribution in [0.2, 0.25) is 0 Å². The standard InChI is InChI=1S/C13H19N3O3/c17-10-13(6-2-1-3-7-13)9-15-12-5-4-11(8-14-12)16(18)19/h4-5,8,17H,1-3,6-7,9-10H2,(H,14,15). The van der Waals surface area contributed by atoms with Crippen LogP contribution in [0.5, 0.6) is 0 Å². The maximum Gasteiger partial charge on any atom is 0.287 e. The van der Waals surface area contributed by atoms with Gasteiger partial charge in [-0.2, -0.15) is 0 Å². The summed E-state index contributed by atoms with van der Waals surface area (Å²) < 4.78 is 0. The second-order valence-electron chi connectivity index (χ2n) is 5.23. The average molecular weight is 265 g/mol. The van der Waals surface area contributed by atoms with Crippen LogP contribution in [0.4, 0.5) is 11.5 Å². The number of anilines is 1. The number of hydrogen-bond acceptors (Lipinski definition) is 5. The predicted octanol–water partition coefficient (Wildman–Crippen LogP) is 2.34. The molecule has 0 radical (unpaired) electrons. The largest absolute Gasteiger partial charge is 0.396 e. The Hall–Kier alpha value is -1.69. The van der Waals surface area contributed by atoms with E-state index in [0.29, 0.717) is 12.4 Å². The maximum absolute atomic E-state index is 10.5. The fourth-order valence-electron chi connectivity index (χ4n) is 2.57. The van der Waals surface area contributed by atoms with Gasteiger partial charge >= 0.3 is 0 Å². The van der Waals surface area contributed by atoms with Crippen LogP contribution in [0.3, 0.4) is 0 Å². The number of pyridine rings is 1. The lowest BCUT2D eigenvalue weighted by Crippen LogP contribution is -2.35. The summed E-state index contributed by atoms with van der Waals surface area (Å²) in [4.78, 5) is 14.1. The molecule has 0 amide bonds. The van der Waals surface area contributed by atoms with Crippen LogP contribution >= 0.6 is 0 Å². The summed E-state index contributed by atoms with van der Waals surface area (Å²) in [5.41, 5.74) is -0.0816. The lowest BCUT2D eigenvalue weighted by atomic mass is 9.74. The average Bonchev–Trinajstić information content (AvgIpc) is 2.46. The van der Waals surface area contributed by atoms with Crippen molar-refractivity contribution >= 4 is 11.5 Å². The monoisotopic (exact) mass is 265 g/mol. The van der Waals surface area contributed by atoms with Crippen LogP contribution in [-0.4, -0.2) is 28.2 Å². The molecule has 19 heavy (non-hydrogen) atoms. The van der Waals surface area contributed by atoms with Gasteiger partial charge in [0.15, 0.2) is 0 Å². The Balaban J connectivity index is 1.95. The van der Waals surface area contributed by atoms with Gasteiger partial charge in [0.05, 0.1) is 11.5 Å². The highest BCUT2D eigenvalue weighted by atomic mass is 16.6. The van der Waals surface area contributed by atoms with Crippen LogP contribution in [0, 0.1) is 15.5 Å². The van der Waals surface area contributed by atoms with E-state index in [0.717, 1.165) is 25.7 Å². The van der Waals surface area contributed by atoms with E-state index in [2.05, 4.69) is 10.3 Å². The molecule has 0 unspecified atom stereocenters. The number of nitrogens with one attached hydrogen (secondary N) is 1. The van der Waals surface area contributed by atoms with Crippen molar-refractivity contribution in [3.05, 3.63) is 28.4 Å². The molecule has 0 aromatic carbocycles. The number of aliphatic hydroxyl groups excluding tert-OH is 1. The second-order valence-corrected chi connectivity index (χ2v) is 5.23. The minimum absolute atomic E-state index is 0.0138. The highest BCUT2D eigenvalue weighted by Gasteiger charge is 2.31. The summed E-state index contributed by atoms with van der Waals surface area (Å²) in [7, 11) is 0. The van der Waals surface area contributed by atoms with E-state index in [1.165, 1.54) is 18.7 Å². The van der Waals surface area contributed by atoms with Crippen molar-refractivity contribution in [2.45, 2.75) is 32.1 Å². The molecule has 6 nitrogen and oxygen atoms in total. The van der Waals surface area contributed by atoms with E-state index in [1.54, 1.807) is 6.07 Å². The Morgan fingerprint density at radius 1 is 1.37 bits per heavy atom. The normalized spacial score (nSPS) is 17.9. The van der Waals surface area contributed by atoms with Gasteiger partial charge in [0, 0.05) is 18.0 Å². The molecule has 1 heterocycles. The number of aliphatic hydroxyl groups is 1. The van der Waals surface area contributed by atoms with Gasteiger partial charge in [-0.05, 0) is 18.9 Å². The SMILES string of the molecule is O=[N+]([O-])c1ccc(NCC2(CO)CCCCC2)nc1. The molecule has 0 spiro atoms. The van der Waals surface area contributed by atoms with Crippen LogP contribution in [0.1, 0.15) is 32.1 Å². The van der Waals surface area contributed by atoms with Crippen molar-refractivity contribution in [3.63, 3.8) is 0 Å². The molecule has 2 rings (SSSR count). The predicted molar refractivity (Wildman–Crippen MR) is 72.0 cm³/mol. The summed E-state index contributed by atoms with van der Waals surface area (Å²) in [6, 6.07) is 3.04. The molecule has 2 N–H and O–H groups in total. The van der Waals surface area contributed by atoms with Gasteiger partial charge in [0.2, 0.25) is 0 Å². The maximum atomic E-state index is 10.5. The van der Waals surface area contributed by atoms with Crippen LogP contribution in [-0.2, 0) is 0 Å². The van der Waals surface area contributed by atoms with Crippen molar-refractivity contribution < 1.29 is 10.0 Å². The highest BCUT2D eigenvalue weighted by Crippen LogP contribution is 2.35. The summed E-state index contributed by atoms with van der Waals surface area (Å²) in [5, 5.41) is 23.3. The zero-order chi connectivity index (χ0) is 13.7. The molecule has 1 aliphatic carbocycles. The lowest BCUT2D eigenvalue weighted by Gasteiger charge is -2.35. The van der Waals surface area contributed by atoms with E-state index in [1.807, 2.05) is 0 Å². The quantitative estimate of drug-likeness (QED) is 0.630. The smallest absolute Gasteiger partial charge is 0.287 e. The first-order chi connectivity index (χ1) is 9.15. The third-order valence-corrected chi connectivity index (χ3v) is 3.85. The van der Waals surface area contributed by atoms with E-state index >= 15 is 0 Å². The van der Waals surface area contributed by atoms with Crippen LogP contribution in [0.15, 0.2) is 18.3 Å². The number of rotatable bonds is 5. The molecule has 6 heteroatoms. The highest BCUT2D eigenvalue weighted by molar-refractivity contribution is 5.40. The van der Waals surface area contributed by atoms with Gasteiger partial charge in [0.25, 0.3) is 5.69 Å². The molecule has 1 saturated carbocycles. The Morgan fingerprint density at radius 2 is 2.11 bits per heavy atom. The second kappa shape index (κ2) is 5.97. The molecule has 1 aliphatic rings. The molecular formula is C13H19N3O3. The van der Waals surface area contributed by atoms with Gasteiger partial charge in [-0.25, -0.2) is 4.98 Å². The van der Waals surface area contributed by atoms with E-state index in [4.69, 9.17) is 0 Å². The molecule has 1 fully saturated rings. The van der Waals surface area contributed by atoms with Crippen molar-refractivity contribution in [1.29, 1.82) is 0 Å². The van der Waals surface area contributed by atoms with E-state index < -0.39 is 4.92 Å². The Bertz CT molecular complexity index is 427. The molecular weight excluding hydrogens is 246 g/mol. The minimum Gasteiger partial charge on any atom is -0.396 e. The Kier molecular flexibility index (Phi) is 4.31. The van der Waals surface area contributed by atoms with Crippen LogP contribution in [0.25, 0.3) is 0 Å². The summed E-state index contributed by atoms with van der Waals surface area (Å²) in [6.07, 6.45) is 6.81. The number of nitro groups is 1. The number of aromatic nitrogens is 1. The van der Waals surface area contributed by atoms with Crippen molar-refractivity contribution in [2.75, 3.05) is 18.5 Å². The summed E-state index contributed by atoms with van der Waals surface area (Å²) in [6.45, 7) is 0.835. The van der Waals surface area contributed by atoms with Gasteiger partial charge < -0.3 is 10.4 Å². The summed E-state index contributed by atoms with van der Waals surface area (Å²) >= 11 is 0. The molecule has 104 valence electrons. The van der Waals surface area contributed by atoms with Gasteiger partial charge in [-0.1, -0.05) is 19.3 Å². The first-order valence-corrected chi connectivity index (χ1v) is 6.60. The van der Waals surface area contributed by atoms with Gasteiger partial charge in [-0.3, -0.25) is 10.1 Å². The van der Waals surface area contributed by atoms with Crippen molar-refractivity contribution in [1.82, 2.24) is 4.98 Å². The molecule has 0 saturated heterocycles. The molecule has 0 bridgehead atoms. The topological polar surface area (TPSA) is 88.3 Å².